The predicted molar refractivity (Wildman–Crippen MR) is 119 cm³/mol. The number of rotatable bonds is 9. The van der Waals surface area contributed by atoms with Crippen LogP contribution in [0.15, 0.2) is 18.2 Å². The van der Waals surface area contributed by atoms with Crippen LogP contribution in [0.1, 0.15) is 43.0 Å². The van der Waals surface area contributed by atoms with Gasteiger partial charge in [-0.1, -0.05) is 18.5 Å². The van der Waals surface area contributed by atoms with Gasteiger partial charge >= 0.3 is 0 Å². The summed E-state index contributed by atoms with van der Waals surface area (Å²) < 4.78 is 19.2. The maximum atomic E-state index is 14.0. The van der Waals surface area contributed by atoms with Gasteiger partial charge in [-0.15, -0.1) is 0 Å². The number of nitrogens with zero attached hydrogens (tertiary/aromatic N) is 3. The van der Waals surface area contributed by atoms with Gasteiger partial charge < -0.3 is 14.5 Å². The maximum Gasteiger partial charge on any atom is 0.254 e. The SMILES string of the molecule is CCN1CCCC1CN(CC1CCN(CCOC)CC1)C(=O)c1ccc(Cl)c(F)c1. The van der Waals surface area contributed by atoms with E-state index in [1.54, 1.807) is 13.2 Å². The second-order valence-electron chi connectivity index (χ2n) is 8.54. The van der Waals surface area contributed by atoms with E-state index in [2.05, 4.69) is 16.7 Å². The summed E-state index contributed by atoms with van der Waals surface area (Å²) in [7, 11) is 1.73. The molecule has 2 heterocycles. The standard InChI is InChI=1S/C23H35ClFN3O2/c1-3-27-10-4-5-20(27)17-28(23(29)19-6-7-21(24)22(25)15-19)16-18-8-11-26(12-9-18)13-14-30-2/h6-7,15,18,20H,3-5,8-14,16-17H2,1-2H3. The van der Waals surface area contributed by atoms with Gasteiger partial charge in [0.2, 0.25) is 0 Å². The molecule has 2 saturated heterocycles. The van der Waals surface area contributed by atoms with Crippen molar-refractivity contribution in [3.63, 3.8) is 0 Å². The number of benzene rings is 1. The van der Waals surface area contributed by atoms with Crippen LogP contribution in [0.4, 0.5) is 4.39 Å². The second kappa shape index (κ2) is 11.4. The van der Waals surface area contributed by atoms with Crippen molar-refractivity contribution in [2.24, 2.45) is 5.92 Å². The summed E-state index contributed by atoms with van der Waals surface area (Å²) in [4.78, 5) is 20.2. The average Bonchev–Trinajstić information content (AvgIpc) is 3.21. The molecule has 1 aromatic rings. The van der Waals surface area contributed by atoms with Crippen LogP contribution in [0, 0.1) is 11.7 Å². The molecular weight excluding hydrogens is 405 g/mol. The van der Waals surface area contributed by atoms with E-state index in [9.17, 15) is 9.18 Å². The molecule has 0 saturated carbocycles. The molecule has 0 radical (unpaired) electrons. The Morgan fingerprint density at radius 3 is 2.67 bits per heavy atom. The number of carbonyl (C=O) groups excluding carboxylic acids is 1. The van der Waals surface area contributed by atoms with Crippen LogP contribution < -0.4 is 0 Å². The summed E-state index contributed by atoms with van der Waals surface area (Å²) in [6.07, 6.45) is 4.44. The number of carbonyl (C=O) groups is 1. The number of hydrogen-bond acceptors (Lipinski definition) is 4. The Morgan fingerprint density at radius 1 is 1.23 bits per heavy atom. The van der Waals surface area contributed by atoms with Crippen molar-refractivity contribution >= 4 is 17.5 Å². The van der Waals surface area contributed by atoms with Crippen LogP contribution in [0.5, 0.6) is 0 Å². The number of halogens is 2. The summed E-state index contributed by atoms with van der Waals surface area (Å²) >= 11 is 5.83. The van der Waals surface area contributed by atoms with Gasteiger partial charge in [0.15, 0.2) is 0 Å². The number of hydrogen-bond donors (Lipinski definition) is 0. The summed E-state index contributed by atoms with van der Waals surface area (Å²) in [6.45, 7) is 9.50. The van der Waals surface area contributed by atoms with Crippen molar-refractivity contribution in [2.75, 3.05) is 59.5 Å². The molecule has 0 spiro atoms. The highest BCUT2D eigenvalue weighted by Crippen LogP contribution is 2.24. The highest BCUT2D eigenvalue weighted by atomic mass is 35.5. The van der Waals surface area contributed by atoms with Gasteiger partial charge in [-0.25, -0.2) is 4.39 Å². The van der Waals surface area contributed by atoms with Gasteiger partial charge in [-0.3, -0.25) is 9.69 Å². The minimum Gasteiger partial charge on any atom is -0.383 e. The Balaban J connectivity index is 1.68. The van der Waals surface area contributed by atoms with Gasteiger partial charge in [-0.2, -0.15) is 0 Å². The van der Waals surface area contributed by atoms with E-state index in [-0.39, 0.29) is 10.9 Å². The number of amides is 1. The Bertz CT molecular complexity index is 697. The second-order valence-corrected chi connectivity index (χ2v) is 8.95. The van der Waals surface area contributed by atoms with Crippen molar-refractivity contribution in [1.29, 1.82) is 0 Å². The number of likely N-dealkylation sites (N-methyl/N-ethyl adjacent to an activating group) is 1. The molecule has 0 aromatic heterocycles. The van der Waals surface area contributed by atoms with E-state index in [0.717, 1.165) is 65.1 Å². The molecule has 7 heteroatoms. The first-order valence-electron chi connectivity index (χ1n) is 11.2. The zero-order valence-electron chi connectivity index (χ0n) is 18.3. The normalized spacial score (nSPS) is 21.3. The van der Waals surface area contributed by atoms with Gasteiger partial charge in [0.25, 0.3) is 5.91 Å². The Hall–Kier alpha value is -1.21. The average molecular weight is 440 g/mol. The van der Waals surface area contributed by atoms with Crippen molar-refractivity contribution in [2.45, 2.75) is 38.6 Å². The van der Waals surface area contributed by atoms with Crippen LogP contribution in [0.3, 0.4) is 0 Å². The number of likely N-dealkylation sites (tertiary alicyclic amines) is 2. The molecule has 0 bridgehead atoms. The fourth-order valence-electron chi connectivity index (χ4n) is 4.75. The molecule has 0 aliphatic carbocycles. The zero-order valence-corrected chi connectivity index (χ0v) is 19.0. The smallest absolute Gasteiger partial charge is 0.254 e. The summed E-state index contributed by atoms with van der Waals surface area (Å²) in [6, 6.07) is 4.78. The number of piperidine rings is 1. The van der Waals surface area contributed by atoms with Gasteiger partial charge in [0.1, 0.15) is 5.82 Å². The molecular formula is C23H35ClFN3O2. The number of methoxy groups -OCH3 is 1. The third-order valence-electron chi connectivity index (χ3n) is 6.59. The minimum atomic E-state index is -0.537. The Labute approximate surface area is 185 Å². The van der Waals surface area contributed by atoms with Crippen molar-refractivity contribution < 1.29 is 13.9 Å². The third-order valence-corrected chi connectivity index (χ3v) is 6.89. The number of ether oxygens (including phenoxy) is 1. The lowest BCUT2D eigenvalue weighted by atomic mass is 9.95. The van der Waals surface area contributed by atoms with Crippen LogP contribution in [-0.4, -0.2) is 86.2 Å². The van der Waals surface area contributed by atoms with E-state index in [1.807, 2.05) is 4.90 Å². The van der Waals surface area contributed by atoms with E-state index in [4.69, 9.17) is 16.3 Å². The highest BCUT2D eigenvalue weighted by molar-refractivity contribution is 6.30. The molecule has 3 rings (SSSR count). The lowest BCUT2D eigenvalue weighted by Gasteiger charge is -2.36. The monoisotopic (exact) mass is 439 g/mol. The first kappa shape index (κ1) is 23.5. The molecule has 168 valence electrons. The minimum absolute atomic E-state index is 0.0504. The van der Waals surface area contributed by atoms with E-state index >= 15 is 0 Å². The molecule has 30 heavy (non-hydrogen) atoms. The molecule has 0 N–H and O–H groups in total. The molecule has 1 unspecified atom stereocenters. The lowest BCUT2D eigenvalue weighted by Crippen LogP contribution is -2.46. The van der Waals surface area contributed by atoms with E-state index < -0.39 is 5.82 Å². The summed E-state index contributed by atoms with van der Waals surface area (Å²) in [5.74, 6) is -0.151. The predicted octanol–water partition coefficient (Wildman–Crippen LogP) is 3.76. The first-order valence-corrected chi connectivity index (χ1v) is 11.6. The Morgan fingerprint density at radius 2 is 2.00 bits per heavy atom. The largest absolute Gasteiger partial charge is 0.383 e. The summed E-state index contributed by atoms with van der Waals surface area (Å²) in [5.41, 5.74) is 0.385. The van der Waals surface area contributed by atoms with Crippen LogP contribution in [-0.2, 0) is 4.74 Å². The molecule has 2 aliphatic rings. The van der Waals surface area contributed by atoms with Crippen molar-refractivity contribution in [3.05, 3.63) is 34.6 Å². The van der Waals surface area contributed by atoms with Gasteiger partial charge in [0.05, 0.1) is 11.6 Å². The van der Waals surface area contributed by atoms with Crippen LogP contribution in [0.25, 0.3) is 0 Å². The van der Waals surface area contributed by atoms with E-state index in [1.165, 1.54) is 18.6 Å². The van der Waals surface area contributed by atoms with Gasteiger partial charge in [0, 0.05) is 38.3 Å². The lowest BCUT2D eigenvalue weighted by molar-refractivity contribution is 0.0616. The van der Waals surface area contributed by atoms with Crippen LogP contribution >= 0.6 is 11.6 Å². The molecule has 2 fully saturated rings. The fourth-order valence-corrected chi connectivity index (χ4v) is 4.87. The van der Waals surface area contributed by atoms with Crippen molar-refractivity contribution in [1.82, 2.24) is 14.7 Å². The fraction of sp³-hybridized carbons (Fsp3) is 0.696. The summed E-state index contributed by atoms with van der Waals surface area (Å²) in [5, 5.41) is 0.0504. The highest BCUT2D eigenvalue weighted by Gasteiger charge is 2.30. The van der Waals surface area contributed by atoms with E-state index in [0.29, 0.717) is 24.1 Å². The molecule has 1 atom stereocenters. The Kier molecular flexibility index (Phi) is 8.93. The van der Waals surface area contributed by atoms with Crippen molar-refractivity contribution in [3.8, 4) is 0 Å². The maximum absolute atomic E-state index is 14.0. The molecule has 1 aromatic carbocycles. The quantitative estimate of drug-likeness (QED) is 0.587. The zero-order chi connectivity index (χ0) is 21.5. The molecule has 2 aliphatic heterocycles. The van der Waals surface area contributed by atoms with Gasteiger partial charge in [-0.05, 0) is 76.0 Å². The third kappa shape index (κ3) is 6.16. The topological polar surface area (TPSA) is 36.0 Å². The first-order chi connectivity index (χ1) is 14.5. The molecule has 5 nitrogen and oxygen atoms in total. The molecule has 1 amide bonds. The van der Waals surface area contributed by atoms with Crippen LogP contribution in [0.2, 0.25) is 5.02 Å².